The fraction of sp³-hybridized carbons (Fsp3) is 0.0714. The van der Waals surface area contributed by atoms with Gasteiger partial charge in [0.2, 0.25) is 0 Å². The molecule has 2 aromatic carbocycles. The highest BCUT2D eigenvalue weighted by molar-refractivity contribution is 5.95. The Labute approximate surface area is 112 Å². The van der Waals surface area contributed by atoms with Crippen molar-refractivity contribution in [2.75, 3.05) is 5.73 Å². The zero-order valence-corrected chi connectivity index (χ0v) is 10.2. The molecule has 20 heavy (non-hydrogen) atoms. The molecule has 0 aliphatic rings. The van der Waals surface area contributed by atoms with Crippen LogP contribution in [0.15, 0.2) is 36.4 Å². The fourth-order valence-corrected chi connectivity index (χ4v) is 1.59. The fourth-order valence-electron chi connectivity index (χ4n) is 1.59. The first-order valence-electron chi connectivity index (χ1n) is 5.64. The molecule has 0 fully saturated rings. The third-order valence-electron chi connectivity index (χ3n) is 2.63. The molecule has 0 aromatic heterocycles. The molecule has 2 rings (SSSR count). The highest BCUT2D eigenvalue weighted by Crippen LogP contribution is 2.17. The second-order valence-electron chi connectivity index (χ2n) is 4.02. The van der Waals surface area contributed by atoms with Gasteiger partial charge in [0, 0.05) is 11.3 Å². The van der Waals surface area contributed by atoms with Gasteiger partial charge >= 0.3 is 5.97 Å². The lowest BCUT2D eigenvalue weighted by atomic mass is 10.2. The number of benzene rings is 2. The number of halogens is 3. The van der Waals surface area contributed by atoms with Gasteiger partial charge in [-0.2, -0.15) is 0 Å². The van der Waals surface area contributed by atoms with Gasteiger partial charge in [0.1, 0.15) is 12.4 Å². The minimum Gasteiger partial charge on any atom is -0.457 e. The van der Waals surface area contributed by atoms with Crippen molar-refractivity contribution in [3.05, 3.63) is 65.0 Å². The van der Waals surface area contributed by atoms with E-state index in [2.05, 4.69) is 0 Å². The lowest BCUT2D eigenvalue weighted by Crippen LogP contribution is -2.09. The Morgan fingerprint density at radius 1 is 1.15 bits per heavy atom. The van der Waals surface area contributed by atoms with E-state index < -0.39 is 30.0 Å². The van der Waals surface area contributed by atoms with Crippen LogP contribution in [-0.4, -0.2) is 5.97 Å². The molecular formula is C14H10F3NO2. The zero-order chi connectivity index (χ0) is 14.7. The molecule has 0 spiro atoms. The van der Waals surface area contributed by atoms with Crippen molar-refractivity contribution in [3.8, 4) is 0 Å². The number of carbonyl (C=O) groups excluding carboxylic acids is 1. The van der Waals surface area contributed by atoms with Crippen molar-refractivity contribution in [3.63, 3.8) is 0 Å². The van der Waals surface area contributed by atoms with E-state index in [1.165, 1.54) is 18.2 Å². The van der Waals surface area contributed by atoms with Crippen LogP contribution in [0.1, 0.15) is 15.9 Å². The smallest absolute Gasteiger partial charge is 0.340 e. The minimum atomic E-state index is -1.09. The molecule has 0 bridgehead atoms. The number of hydrogen-bond donors (Lipinski definition) is 1. The molecular weight excluding hydrogens is 271 g/mol. The third-order valence-corrected chi connectivity index (χ3v) is 2.63. The van der Waals surface area contributed by atoms with Crippen LogP contribution >= 0.6 is 0 Å². The molecule has 0 saturated carbocycles. The molecule has 3 nitrogen and oxygen atoms in total. The van der Waals surface area contributed by atoms with Crippen LogP contribution in [0.25, 0.3) is 0 Å². The summed E-state index contributed by atoms with van der Waals surface area (Å²) in [6.45, 7) is -0.474. The van der Waals surface area contributed by atoms with Gasteiger partial charge in [-0.05, 0) is 24.3 Å². The first-order chi connectivity index (χ1) is 9.49. The van der Waals surface area contributed by atoms with Crippen molar-refractivity contribution in [2.24, 2.45) is 0 Å². The molecule has 0 aliphatic heterocycles. The Kier molecular flexibility index (Phi) is 3.93. The summed E-state index contributed by atoms with van der Waals surface area (Å²) in [5, 5.41) is 0. The van der Waals surface area contributed by atoms with Gasteiger partial charge in [0.25, 0.3) is 0 Å². The first kappa shape index (κ1) is 13.9. The Morgan fingerprint density at radius 3 is 2.65 bits per heavy atom. The second kappa shape index (κ2) is 5.64. The van der Waals surface area contributed by atoms with Crippen LogP contribution < -0.4 is 5.73 Å². The average molecular weight is 281 g/mol. The maximum absolute atomic E-state index is 13.3. The summed E-state index contributed by atoms with van der Waals surface area (Å²) in [4.78, 5) is 11.7. The van der Waals surface area contributed by atoms with Crippen molar-refractivity contribution in [1.29, 1.82) is 0 Å². The molecule has 0 amide bonds. The van der Waals surface area contributed by atoms with Crippen molar-refractivity contribution in [1.82, 2.24) is 0 Å². The van der Waals surface area contributed by atoms with Gasteiger partial charge in [-0.3, -0.25) is 0 Å². The van der Waals surface area contributed by atoms with Gasteiger partial charge < -0.3 is 10.5 Å². The standard InChI is InChI=1S/C14H10F3NO2/c15-9-4-5-12(18)10(6-9)14(19)20-7-8-2-1-3-11(16)13(8)17/h1-6H,7,18H2. The van der Waals surface area contributed by atoms with E-state index in [1.807, 2.05) is 0 Å². The van der Waals surface area contributed by atoms with E-state index in [4.69, 9.17) is 10.5 Å². The Balaban J connectivity index is 2.13. The van der Waals surface area contributed by atoms with Crippen LogP contribution in [0.5, 0.6) is 0 Å². The van der Waals surface area contributed by atoms with Crippen molar-refractivity contribution in [2.45, 2.75) is 6.61 Å². The number of esters is 1. The number of anilines is 1. The van der Waals surface area contributed by atoms with Crippen LogP contribution in [0.3, 0.4) is 0 Å². The van der Waals surface area contributed by atoms with Gasteiger partial charge in [0.15, 0.2) is 11.6 Å². The number of carbonyl (C=O) groups is 1. The van der Waals surface area contributed by atoms with Crippen LogP contribution in [0, 0.1) is 17.5 Å². The first-order valence-corrected chi connectivity index (χ1v) is 5.64. The van der Waals surface area contributed by atoms with Crippen LogP contribution in [-0.2, 0) is 11.3 Å². The third kappa shape index (κ3) is 2.90. The Morgan fingerprint density at radius 2 is 1.90 bits per heavy atom. The van der Waals surface area contributed by atoms with Crippen LogP contribution in [0.2, 0.25) is 0 Å². The van der Waals surface area contributed by atoms with E-state index >= 15 is 0 Å². The number of hydrogen-bond acceptors (Lipinski definition) is 3. The molecule has 0 heterocycles. The summed E-state index contributed by atoms with van der Waals surface area (Å²) < 4.78 is 44.1. The lowest BCUT2D eigenvalue weighted by Gasteiger charge is -2.08. The van der Waals surface area contributed by atoms with Crippen molar-refractivity contribution < 1.29 is 22.7 Å². The Bertz CT molecular complexity index is 659. The Hall–Kier alpha value is -2.50. The monoisotopic (exact) mass is 281 g/mol. The summed E-state index contributed by atoms with van der Waals surface area (Å²) in [6.07, 6.45) is 0. The molecule has 0 radical (unpaired) electrons. The second-order valence-corrected chi connectivity index (χ2v) is 4.02. The summed E-state index contributed by atoms with van der Waals surface area (Å²) in [6, 6.07) is 6.75. The quantitative estimate of drug-likeness (QED) is 0.695. The SMILES string of the molecule is Nc1ccc(F)cc1C(=O)OCc1cccc(F)c1F. The van der Waals surface area contributed by atoms with E-state index in [1.54, 1.807) is 0 Å². The number of nitrogen functional groups attached to an aromatic ring is 1. The summed E-state index contributed by atoms with van der Waals surface area (Å²) >= 11 is 0. The van der Waals surface area contributed by atoms with Gasteiger partial charge in [-0.15, -0.1) is 0 Å². The summed E-state index contributed by atoms with van der Waals surface area (Å²) in [5.41, 5.74) is 5.27. The lowest BCUT2D eigenvalue weighted by molar-refractivity contribution is 0.0469. The highest BCUT2D eigenvalue weighted by atomic mass is 19.2. The van der Waals surface area contributed by atoms with Gasteiger partial charge in [0.05, 0.1) is 5.56 Å². The van der Waals surface area contributed by atoms with Crippen LogP contribution in [0.4, 0.5) is 18.9 Å². The highest BCUT2D eigenvalue weighted by Gasteiger charge is 2.14. The predicted octanol–water partition coefficient (Wildman–Crippen LogP) is 3.04. The van der Waals surface area contributed by atoms with E-state index in [0.29, 0.717) is 0 Å². The van der Waals surface area contributed by atoms with E-state index in [-0.39, 0.29) is 16.8 Å². The number of ether oxygens (including phenoxy) is 1. The molecule has 6 heteroatoms. The molecule has 2 aromatic rings. The molecule has 0 unspecified atom stereocenters. The van der Waals surface area contributed by atoms with E-state index in [0.717, 1.165) is 18.2 Å². The average Bonchev–Trinajstić information content (AvgIpc) is 2.43. The van der Waals surface area contributed by atoms with Crippen molar-refractivity contribution >= 4 is 11.7 Å². The summed E-state index contributed by atoms with van der Waals surface area (Å²) in [7, 11) is 0. The molecule has 0 aliphatic carbocycles. The minimum absolute atomic E-state index is 0.0381. The maximum Gasteiger partial charge on any atom is 0.340 e. The maximum atomic E-state index is 13.3. The molecule has 0 atom stereocenters. The van der Waals surface area contributed by atoms with E-state index in [9.17, 15) is 18.0 Å². The molecule has 0 saturated heterocycles. The summed E-state index contributed by atoms with van der Waals surface area (Å²) in [5.74, 6) is -3.69. The topological polar surface area (TPSA) is 52.3 Å². The number of rotatable bonds is 3. The predicted molar refractivity (Wildman–Crippen MR) is 66.3 cm³/mol. The van der Waals surface area contributed by atoms with Gasteiger partial charge in [-0.25, -0.2) is 18.0 Å². The zero-order valence-electron chi connectivity index (χ0n) is 10.2. The van der Waals surface area contributed by atoms with Gasteiger partial charge in [-0.1, -0.05) is 12.1 Å². The molecule has 2 N–H and O–H groups in total. The largest absolute Gasteiger partial charge is 0.457 e. The number of nitrogens with two attached hydrogens (primary N) is 1. The molecule has 104 valence electrons. The normalized spacial score (nSPS) is 10.3.